The second-order valence-corrected chi connectivity index (χ2v) is 6.01. The van der Waals surface area contributed by atoms with Gasteiger partial charge in [-0.05, 0) is 50.2 Å². The molecule has 0 fully saturated rings. The van der Waals surface area contributed by atoms with Crippen molar-refractivity contribution < 1.29 is 19.2 Å². The Morgan fingerprint density at radius 2 is 1.84 bits per heavy atom. The maximum Gasteiger partial charge on any atom is 0.282 e. The van der Waals surface area contributed by atoms with Crippen molar-refractivity contribution in [3.05, 3.63) is 54.1 Å². The molecular formula is C20H27N2O3+. The van der Waals surface area contributed by atoms with Crippen LogP contribution >= 0.6 is 0 Å². The van der Waals surface area contributed by atoms with E-state index in [9.17, 15) is 4.79 Å². The maximum absolute atomic E-state index is 12.5. The molecule has 0 bridgehead atoms. The van der Waals surface area contributed by atoms with Crippen LogP contribution < -0.4 is 19.7 Å². The number of amides is 1. The molecule has 0 aliphatic carbocycles. The fraction of sp³-hybridized carbons (Fsp3) is 0.350. The van der Waals surface area contributed by atoms with Crippen molar-refractivity contribution in [1.82, 2.24) is 0 Å². The third-order valence-corrected chi connectivity index (χ3v) is 4.21. The largest absolute Gasteiger partial charge is 0.495 e. The Morgan fingerprint density at radius 3 is 2.48 bits per heavy atom. The average molecular weight is 343 g/mol. The van der Waals surface area contributed by atoms with Gasteiger partial charge in [-0.3, -0.25) is 4.79 Å². The van der Waals surface area contributed by atoms with Gasteiger partial charge in [0.25, 0.3) is 5.91 Å². The van der Waals surface area contributed by atoms with Crippen LogP contribution in [0.2, 0.25) is 0 Å². The van der Waals surface area contributed by atoms with E-state index in [-0.39, 0.29) is 11.9 Å². The van der Waals surface area contributed by atoms with Crippen LogP contribution in [0.5, 0.6) is 11.5 Å². The van der Waals surface area contributed by atoms with Gasteiger partial charge in [0, 0.05) is 5.56 Å². The van der Waals surface area contributed by atoms with Crippen molar-refractivity contribution in [3.63, 3.8) is 0 Å². The molecule has 0 radical (unpaired) electrons. The summed E-state index contributed by atoms with van der Waals surface area (Å²) in [6.45, 7) is 5.31. The number of benzene rings is 2. The molecule has 0 aliphatic heterocycles. The van der Waals surface area contributed by atoms with Gasteiger partial charge in [0.1, 0.15) is 18.0 Å². The topological polar surface area (TPSA) is 52.0 Å². The molecule has 2 atom stereocenters. The Kier molecular flexibility index (Phi) is 6.83. The Bertz CT molecular complexity index is 686. The Balaban J connectivity index is 1.96. The highest BCUT2D eigenvalue weighted by atomic mass is 16.5. The lowest BCUT2D eigenvalue weighted by atomic mass is 10.1. The molecule has 1 unspecified atom stereocenters. The number of carbonyl (C=O) groups excluding carboxylic acids is 1. The minimum absolute atomic E-state index is 0.0343. The molecule has 2 rings (SSSR count). The van der Waals surface area contributed by atoms with E-state index < -0.39 is 0 Å². The van der Waals surface area contributed by atoms with Gasteiger partial charge in [-0.2, -0.15) is 0 Å². The summed E-state index contributed by atoms with van der Waals surface area (Å²) >= 11 is 0. The number of rotatable bonds is 8. The van der Waals surface area contributed by atoms with E-state index >= 15 is 0 Å². The van der Waals surface area contributed by atoms with E-state index in [1.807, 2.05) is 69.4 Å². The first-order valence-electron chi connectivity index (χ1n) is 8.53. The Morgan fingerprint density at radius 1 is 1.16 bits per heavy atom. The van der Waals surface area contributed by atoms with Crippen LogP contribution in [-0.2, 0) is 11.3 Å². The average Bonchev–Trinajstić information content (AvgIpc) is 2.63. The van der Waals surface area contributed by atoms with Gasteiger partial charge < -0.3 is 19.7 Å². The number of hydrogen-bond acceptors (Lipinski definition) is 3. The third kappa shape index (κ3) is 5.22. The molecule has 5 heteroatoms. The van der Waals surface area contributed by atoms with Crippen molar-refractivity contribution in [2.24, 2.45) is 0 Å². The van der Waals surface area contributed by atoms with Crippen LogP contribution in [0.25, 0.3) is 0 Å². The lowest BCUT2D eigenvalue weighted by Gasteiger charge is -2.21. The van der Waals surface area contributed by atoms with Gasteiger partial charge in [-0.25, -0.2) is 0 Å². The number of ether oxygens (including phenoxy) is 2. The number of quaternary nitrogens is 1. The first-order chi connectivity index (χ1) is 12.0. The molecule has 1 amide bonds. The van der Waals surface area contributed by atoms with Crippen LogP contribution in [-0.4, -0.2) is 32.7 Å². The van der Waals surface area contributed by atoms with Crippen molar-refractivity contribution in [2.45, 2.75) is 26.4 Å². The zero-order chi connectivity index (χ0) is 18.2. The quantitative estimate of drug-likeness (QED) is 0.772. The summed E-state index contributed by atoms with van der Waals surface area (Å²) in [5.41, 5.74) is 1.86. The summed E-state index contributed by atoms with van der Waals surface area (Å²) in [4.78, 5) is 13.7. The van der Waals surface area contributed by atoms with E-state index in [1.165, 1.54) is 0 Å². The fourth-order valence-corrected chi connectivity index (χ4v) is 2.56. The molecule has 0 spiro atoms. The van der Waals surface area contributed by atoms with E-state index in [0.29, 0.717) is 18.0 Å². The predicted molar refractivity (Wildman–Crippen MR) is 99.3 cm³/mol. The summed E-state index contributed by atoms with van der Waals surface area (Å²) < 4.78 is 10.7. The van der Waals surface area contributed by atoms with E-state index in [4.69, 9.17) is 9.47 Å². The summed E-state index contributed by atoms with van der Waals surface area (Å²) in [5, 5.41) is 2.95. The monoisotopic (exact) mass is 343 g/mol. The molecule has 0 saturated carbocycles. The highest BCUT2D eigenvalue weighted by Gasteiger charge is 2.22. The predicted octanol–water partition coefficient (Wildman–Crippen LogP) is 2.14. The first kappa shape index (κ1) is 18.8. The van der Waals surface area contributed by atoms with Gasteiger partial charge in [0.05, 0.1) is 26.5 Å². The molecule has 0 aliphatic rings. The zero-order valence-corrected chi connectivity index (χ0v) is 15.3. The number of hydrogen-bond donors (Lipinski definition) is 2. The minimum atomic E-state index is -0.198. The highest BCUT2D eigenvalue weighted by Crippen LogP contribution is 2.22. The van der Waals surface area contributed by atoms with Crippen LogP contribution in [0.15, 0.2) is 48.5 Å². The molecule has 0 saturated heterocycles. The second-order valence-electron chi connectivity index (χ2n) is 6.01. The molecule has 2 aromatic carbocycles. The van der Waals surface area contributed by atoms with E-state index in [0.717, 1.165) is 22.8 Å². The third-order valence-electron chi connectivity index (χ3n) is 4.21. The zero-order valence-electron chi connectivity index (χ0n) is 15.3. The lowest BCUT2D eigenvalue weighted by molar-refractivity contribution is -0.907. The molecule has 5 nitrogen and oxygen atoms in total. The van der Waals surface area contributed by atoms with Gasteiger partial charge in [-0.15, -0.1) is 0 Å². The second kappa shape index (κ2) is 9.08. The molecule has 0 aromatic heterocycles. The van der Waals surface area contributed by atoms with Crippen LogP contribution in [0.1, 0.15) is 19.4 Å². The van der Waals surface area contributed by atoms with Crippen molar-refractivity contribution in [3.8, 4) is 11.5 Å². The number of anilines is 1. The summed E-state index contributed by atoms with van der Waals surface area (Å²) in [6.07, 6.45) is 0. The molecule has 25 heavy (non-hydrogen) atoms. The van der Waals surface area contributed by atoms with Gasteiger partial charge in [0.2, 0.25) is 0 Å². The molecule has 2 N–H and O–H groups in total. The van der Waals surface area contributed by atoms with Crippen LogP contribution in [0, 0.1) is 0 Å². The number of nitrogens with one attached hydrogen (secondary N) is 2. The van der Waals surface area contributed by atoms with Gasteiger partial charge in [-0.1, -0.05) is 12.1 Å². The van der Waals surface area contributed by atoms with Crippen molar-refractivity contribution >= 4 is 11.6 Å². The van der Waals surface area contributed by atoms with Gasteiger partial charge in [0.15, 0.2) is 6.04 Å². The maximum atomic E-state index is 12.5. The highest BCUT2D eigenvalue weighted by molar-refractivity contribution is 5.94. The Labute approximate surface area is 149 Å². The smallest absolute Gasteiger partial charge is 0.282 e. The summed E-state index contributed by atoms with van der Waals surface area (Å²) in [5.74, 6) is 1.49. The SMILES string of the molecule is CCOc1ccc(C[NH+](C)[C@H](C)C(=O)Nc2ccccc2OC)cc1. The van der Waals surface area contributed by atoms with E-state index in [2.05, 4.69) is 5.32 Å². The molecule has 0 heterocycles. The molecule has 2 aromatic rings. The van der Waals surface area contributed by atoms with Crippen LogP contribution in [0.4, 0.5) is 5.69 Å². The Hall–Kier alpha value is -2.53. The number of carbonyl (C=O) groups is 1. The van der Waals surface area contributed by atoms with Crippen LogP contribution in [0.3, 0.4) is 0 Å². The lowest BCUT2D eigenvalue weighted by Crippen LogP contribution is -3.12. The standard InChI is InChI=1S/C20H26N2O3/c1-5-25-17-12-10-16(11-13-17)14-22(3)15(2)20(23)21-18-8-6-7-9-19(18)24-4/h6-13,15H,5,14H2,1-4H3,(H,21,23)/p+1/t15-/m1/s1. The number of methoxy groups -OCH3 is 1. The first-order valence-corrected chi connectivity index (χ1v) is 8.53. The fourth-order valence-electron chi connectivity index (χ4n) is 2.56. The van der Waals surface area contributed by atoms with Crippen molar-refractivity contribution in [2.75, 3.05) is 26.1 Å². The molecule has 134 valence electrons. The molecular weight excluding hydrogens is 316 g/mol. The van der Waals surface area contributed by atoms with Crippen molar-refractivity contribution in [1.29, 1.82) is 0 Å². The summed E-state index contributed by atoms with van der Waals surface area (Å²) in [6, 6.07) is 15.2. The van der Waals surface area contributed by atoms with Gasteiger partial charge >= 0.3 is 0 Å². The minimum Gasteiger partial charge on any atom is -0.495 e. The van der Waals surface area contributed by atoms with E-state index in [1.54, 1.807) is 7.11 Å². The number of likely N-dealkylation sites (N-methyl/N-ethyl adjacent to an activating group) is 1. The number of para-hydroxylation sites is 2. The normalized spacial score (nSPS) is 13.0. The summed E-state index contributed by atoms with van der Waals surface area (Å²) in [7, 11) is 3.61.